The first kappa shape index (κ1) is 13.5. The Hall–Kier alpha value is -1.53. The third kappa shape index (κ3) is 2.66. The maximum atomic E-state index is 12.1. The van der Waals surface area contributed by atoms with Gasteiger partial charge in [0.1, 0.15) is 5.25 Å². The van der Waals surface area contributed by atoms with Crippen molar-refractivity contribution in [3.63, 3.8) is 0 Å². The molecule has 0 saturated carbocycles. The number of nitrogens with zero attached hydrogens (tertiary/aromatic N) is 2. The summed E-state index contributed by atoms with van der Waals surface area (Å²) in [6.07, 6.45) is 0.144. The van der Waals surface area contributed by atoms with E-state index in [1.54, 1.807) is 29.2 Å². The number of amidine groups is 1. The summed E-state index contributed by atoms with van der Waals surface area (Å²) in [6, 6.07) is 6.93. The molecule has 0 radical (unpaired) electrons. The van der Waals surface area contributed by atoms with Gasteiger partial charge in [0.2, 0.25) is 11.8 Å². The van der Waals surface area contributed by atoms with E-state index in [1.807, 2.05) is 0 Å². The Balaban J connectivity index is 1.61. The van der Waals surface area contributed by atoms with Crippen LogP contribution >= 0.6 is 23.4 Å². The fourth-order valence-electron chi connectivity index (χ4n) is 2.16. The third-order valence-corrected chi connectivity index (χ3v) is 4.52. The van der Waals surface area contributed by atoms with Crippen LogP contribution in [-0.4, -0.2) is 40.2 Å². The Morgan fingerprint density at radius 3 is 3.15 bits per heavy atom. The molecule has 1 saturated heterocycles. The Kier molecular flexibility index (Phi) is 3.67. The third-order valence-electron chi connectivity index (χ3n) is 3.07. The minimum atomic E-state index is -0.367. The number of carbonyl (C=O) groups is 2. The Morgan fingerprint density at radius 1 is 1.55 bits per heavy atom. The van der Waals surface area contributed by atoms with Crippen LogP contribution in [0.1, 0.15) is 6.42 Å². The summed E-state index contributed by atoms with van der Waals surface area (Å²) in [5.41, 5.74) is 0.635. The molecule has 0 unspecified atom stereocenters. The molecular formula is C13H12ClN3O2S. The number of halogens is 1. The van der Waals surface area contributed by atoms with Gasteiger partial charge in [0.25, 0.3) is 0 Å². The lowest BCUT2D eigenvalue weighted by atomic mass is 10.2. The molecule has 1 fully saturated rings. The van der Waals surface area contributed by atoms with E-state index in [0.717, 1.165) is 5.17 Å². The molecule has 1 N–H and O–H groups in total. The number of hydrogen-bond donors (Lipinski definition) is 1. The molecule has 0 aromatic heterocycles. The average Bonchev–Trinajstić information content (AvgIpc) is 2.94. The number of carbonyl (C=O) groups excluding carboxylic acids is 2. The van der Waals surface area contributed by atoms with Crippen molar-refractivity contribution >= 4 is 46.0 Å². The van der Waals surface area contributed by atoms with E-state index in [-0.39, 0.29) is 23.5 Å². The molecule has 2 aliphatic rings. The van der Waals surface area contributed by atoms with Crippen molar-refractivity contribution in [2.45, 2.75) is 11.7 Å². The Bertz CT molecular complexity index is 605. The quantitative estimate of drug-likeness (QED) is 0.928. The summed E-state index contributed by atoms with van der Waals surface area (Å²) in [4.78, 5) is 29.9. The first-order valence-electron chi connectivity index (χ1n) is 6.21. The van der Waals surface area contributed by atoms with Gasteiger partial charge in [0, 0.05) is 23.7 Å². The van der Waals surface area contributed by atoms with Gasteiger partial charge in [-0.2, -0.15) is 0 Å². The van der Waals surface area contributed by atoms with Gasteiger partial charge >= 0.3 is 0 Å². The summed E-state index contributed by atoms with van der Waals surface area (Å²) in [7, 11) is 0. The van der Waals surface area contributed by atoms with Crippen LogP contribution < -0.4 is 5.32 Å². The highest BCUT2D eigenvalue weighted by molar-refractivity contribution is 8.15. The summed E-state index contributed by atoms with van der Waals surface area (Å²) in [5.74, 6) is -0.215. The molecule has 5 nitrogen and oxygen atoms in total. The van der Waals surface area contributed by atoms with Gasteiger partial charge in [-0.3, -0.25) is 19.5 Å². The number of aliphatic imine (C=N–C) groups is 1. The molecule has 3 rings (SSSR count). The monoisotopic (exact) mass is 309 g/mol. The van der Waals surface area contributed by atoms with Crippen molar-refractivity contribution in [2.24, 2.45) is 4.99 Å². The minimum Gasteiger partial charge on any atom is -0.326 e. The zero-order chi connectivity index (χ0) is 14.1. The number of thioether (sulfide) groups is 1. The second-order valence-corrected chi connectivity index (χ2v) is 6.13. The van der Waals surface area contributed by atoms with Crippen LogP contribution in [0.3, 0.4) is 0 Å². The lowest BCUT2D eigenvalue weighted by molar-refractivity contribution is -0.127. The van der Waals surface area contributed by atoms with Crippen LogP contribution in [0.15, 0.2) is 29.3 Å². The van der Waals surface area contributed by atoms with E-state index >= 15 is 0 Å². The highest BCUT2D eigenvalue weighted by Crippen LogP contribution is 2.31. The van der Waals surface area contributed by atoms with Crippen molar-refractivity contribution in [1.29, 1.82) is 0 Å². The van der Waals surface area contributed by atoms with E-state index < -0.39 is 0 Å². The molecule has 0 aliphatic carbocycles. The van der Waals surface area contributed by atoms with Crippen molar-refractivity contribution in [3.8, 4) is 0 Å². The van der Waals surface area contributed by atoms with Gasteiger partial charge in [0.15, 0.2) is 5.17 Å². The smallest absolute Gasteiger partial charge is 0.242 e. The number of benzene rings is 1. The number of rotatable bonds is 3. The summed E-state index contributed by atoms with van der Waals surface area (Å²) < 4.78 is 0. The topological polar surface area (TPSA) is 61.8 Å². The van der Waals surface area contributed by atoms with Gasteiger partial charge in [-0.25, -0.2) is 0 Å². The van der Waals surface area contributed by atoms with Gasteiger partial charge in [-0.15, -0.1) is 0 Å². The van der Waals surface area contributed by atoms with E-state index in [9.17, 15) is 9.59 Å². The first-order valence-corrected chi connectivity index (χ1v) is 7.47. The first-order chi connectivity index (χ1) is 9.63. The fourth-order valence-corrected chi connectivity index (χ4v) is 3.54. The van der Waals surface area contributed by atoms with Crippen LogP contribution in [0.25, 0.3) is 0 Å². The number of hydrogen-bond acceptors (Lipinski definition) is 4. The van der Waals surface area contributed by atoms with Crippen molar-refractivity contribution in [1.82, 2.24) is 4.90 Å². The molecule has 104 valence electrons. The van der Waals surface area contributed by atoms with Gasteiger partial charge < -0.3 is 5.32 Å². The largest absolute Gasteiger partial charge is 0.326 e. The second kappa shape index (κ2) is 5.46. The minimum absolute atomic E-state index is 0.0208. The molecule has 1 aromatic carbocycles. The second-order valence-electron chi connectivity index (χ2n) is 4.52. The molecule has 1 atom stereocenters. The summed E-state index contributed by atoms with van der Waals surface area (Å²) in [5, 5.41) is 3.69. The van der Waals surface area contributed by atoms with E-state index in [4.69, 9.17) is 11.6 Å². The molecule has 7 heteroatoms. The van der Waals surface area contributed by atoms with Crippen molar-refractivity contribution in [2.75, 3.05) is 18.4 Å². The van der Waals surface area contributed by atoms with Gasteiger partial charge in [-0.1, -0.05) is 29.4 Å². The molecule has 1 aromatic rings. The van der Waals surface area contributed by atoms with Crippen LogP contribution in [0.2, 0.25) is 5.02 Å². The summed E-state index contributed by atoms with van der Waals surface area (Å²) >= 11 is 7.23. The van der Waals surface area contributed by atoms with Crippen LogP contribution in [0.5, 0.6) is 0 Å². The number of amides is 2. The highest BCUT2D eigenvalue weighted by atomic mass is 35.5. The Morgan fingerprint density at radius 2 is 2.40 bits per heavy atom. The Labute approximate surface area is 125 Å². The van der Waals surface area contributed by atoms with E-state index in [2.05, 4.69) is 10.3 Å². The maximum absolute atomic E-state index is 12.1. The SMILES string of the molecule is O=C(C[C@H]1SC2=NCCN2C1=O)Nc1cccc(Cl)c1. The molecule has 20 heavy (non-hydrogen) atoms. The van der Waals surface area contributed by atoms with E-state index in [1.165, 1.54) is 11.8 Å². The molecule has 0 spiro atoms. The molecule has 0 bridgehead atoms. The van der Waals surface area contributed by atoms with E-state index in [0.29, 0.717) is 23.8 Å². The average molecular weight is 310 g/mol. The molecule has 2 aliphatic heterocycles. The van der Waals surface area contributed by atoms with Crippen LogP contribution in [0.4, 0.5) is 5.69 Å². The fraction of sp³-hybridized carbons (Fsp3) is 0.308. The predicted octanol–water partition coefficient (Wildman–Crippen LogP) is 1.98. The number of fused-ring (bicyclic) bond motifs is 1. The van der Waals surface area contributed by atoms with Crippen molar-refractivity contribution in [3.05, 3.63) is 29.3 Å². The lowest BCUT2D eigenvalue weighted by Crippen LogP contribution is -2.32. The standard InChI is InChI=1S/C13H12ClN3O2S/c14-8-2-1-3-9(6-8)16-11(18)7-10-12(19)17-5-4-15-13(17)20-10/h1-3,6,10H,4-5,7H2,(H,16,18)/t10-/m1/s1. The summed E-state index contributed by atoms with van der Waals surface area (Å²) in [6.45, 7) is 1.29. The zero-order valence-corrected chi connectivity index (χ0v) is 12.1. The molecule has 2 amide bonds. The van der Waals surface area contributed by atoms with Crippen LogP contribution in [-0.2, 0) is 9.59 Å². The number of anilines is 1. The lowest BCUT2D eigenvalue weighted by Gasteiger charge is -2.10. The van der Waals surface area contributed by atoms with Crippen molar-refractivity contribution < 1.29 is 9.59 Å². The van der Waals surface area contributed by atoms with Crippen LogP contribution in [0, 0.1) is 0 Å². The zero-order valence-electron chi connectivity index (χ0n) is 10.5. The normalized spacial score (nSPS) is 20.9. The molecular weight excluding hydrogens is 298 g/mol. The highest BCUT2D eigenvalue weighted by Gasteiger charge is 2.40. The predicted molar refractivity (Wildman–Crippen MR) is 80.1 cm³/mol. The van der Waals surface area contributed by atoms with Gasteiger partial charge in [0.05, 0.1) is 6.54 Å². The maximum Gasteiger partial charge on any atom is 0.242 e. The van der Waals surface area contributed by atoms with Gasteiger partial charge in [-0.05, 0) is 18.2 Å². The number of nitrogens with one attached hydrogen (secondary N) is 1. The molecule has 2 heterocycles.